The van der Waals surface area contributed by atoms with Gasteiger partial charge >= 0.3 is 0 Å². The van der Waals surface area contributed by atoms with Crippen LogP contribution in [-0.4, -0.2) is 31.0 Å². The molecule has 0 aromatic heterocycles. The average molecular weight is 318 g/mol. The summed E-state index contributed by atoms with van der Waals surface area (Å²) in [5.74, 6) is 0.690. The standard InChI is InChI=1S/C13H20BrNO3/c1-3-17-7-11(16)8-18-13-6-10(14)4-5-12(13)9(2)15/h4-6,9,11,16H,3,7-8,15H2,1-2H3/t9-,11?/m1/s1. The number of benzene rings is 1. The lowest BCUT2D eigenvalue weighted by molar-refractivity contribution is 0.0162. The molecule has 18 heavy (non-hydrogen) atoms. The lowest BCUT2D eigenvalue weighted by Crippen LogP contribution is -2.24. The molecule has 0 amide bonds. The molecule has 1 unspecified atom stereocenters. The van der Waals surface area contributed by atoms with Crippen molar-refractivity contribution in [1.29, 1.82) is 0 Å². The Balaban J connectivity index is 2.62. The predicted molar refractivity (Wildman–Crippen MR) is 74.7 cm³/mol. The molecule has 0 aliphatic heterocycles. The van der Waals surface area contributed by atoms with Crippen LogP contribution in [-0.2, 0) is 4.74 Å². The second kappa shape index (κ2) is 7.74. The van der Waals surface area contributed by atoms with Crippen LogP contribution in [0.4, 0.5) is 0 Å². The van der Waals surface area contributed by atoms with E-state index in [2.05, 4.69) is 15.9 Å². The molecule has 1 rings (SSSR count). The van der Waals surface area contributed by atoms with E-state index in [4.69, 9.17) is 15.2 Å². The summed E-state index contributed by atoms with van der Waals surface area (Å²) < 4.78 is 11.6. The van der Waals surface area contributed by atoms with Crippen molar-refractivity contribution < 1.29 is 14.6 Å². The summed E-state index contributed by atoms with van der Waals surface area (Å²) in [5, 5.41) is 9.65. The first-order valence-electron chi connectivity index (χ1n) is 5.98. The molecule has 0 fully saturated rings. The van der Waals surface area contributed by atoms with E-state index in [1.54, 1.807) is 0 Å². The molecule has 0 heterocycles. The van der Waals surface area contributed by atoms with Crippen molar-refractivity contribution in [3.63, 3.8) is 0 Å². The average Bonchev–Trinajstić information content (AvgIpc) is 2.33. The quantitative estimate of drug-likeness (QED) is 0.809. The fraction of sp³-hybridized carbons (Fsp3) is 0.538. The van der Waals surface area contributed by atoms with Gasteiger partial charge in [-0.25, -0.2) is 0 Å². The van der Waals surface area contributed by atoms with Gasteiger partial charge in [0.25, 0.3) is 0 Å². The molecular formula is C13H20BrNO3. The lowest BCUT2D eigenvalue weighted by atomic mass is 10.1. The van der Waals surface area contributed by atoms with Crippen LogP contribution in [0.2, 0.25) is 0 Å². The van der Waals surface area contributed by atoms with Gasteiger partial charge in [0.1, 0.15) is 18.5 Å². The van der Waals surface area contributed by atoms with E-state index in [0.29, 0.717) is 12.4 Å². The molecular weight excluding hydrogens is 298 g/mol. The van der Waals surface area contributed by atoms with Crippen LogP contribution in [0, 0.1) is 0 Å². The highest BCUT2D eigenvalue weighted by Gasteiger charge is 2.11. The Kier molecular flexibility index (Phi) is 6.63. The maximum atomic E-state index is 9.65. The second-order valence-electron chi connectivity index (χ2n) is 4.10. The van der Waals surface area contributed by atoms with Crippen molar-refractivity contribution in [2.24, 2.45) is 5.73 Å². The van der Waals surface area contributed by atoms with E-state index < -0.39 is 6.10 Å². The summed E-state index contributed by atoms with van der Waals surface area (Å²) in [6.45, 7) is 4.83. The SMILES string of the molecule is CCOCC(O)COc1cc(Br)ccc1[C@@H](C)N. The lowest BCUT2D eigenvalue weighted by Gasteiger charge is -2.17. The number of halogens is 1. The molecule has 4 nitrogen and oxygen atoms in total. The molecule has 5 heteroatoms. The van der Waals surface area contributed by atoms with Crippen molar-refractivity contribution in [1.82, 2.24) is 0 Å². The van der Waals surface area contributed by atoms with Crippen LogP contribution < -0.4 is 10.5 Å². The maximum absolute atomic E-state index is 9.65. The molecule has 1 aromatic carbocycles. The fourth-order valence-electron chi connectivity index (χ4n) is 1.50. The molecule has 0 aliphatic rings. The van der Waals surface area contributed by atoms with Crippen molar-refractivity contribution in [3.05, 3.63) is 28.2 Å². The van der Waals surface area contributed by atoms with E-state index in [-0.39, 0.29) is 19.3 Å². The number of nitrogens with two attached hydrogens (primary N) is 1. The van der Waals surface area contributed by atoms with Gasteiger partial charge in [0.2, 0.25) is 0 Å². The van der Waals surface area contributed by atoms with Gasteiger partial charge < -0.3 is 20.3 Å². The molecule has 0 aliphatic carbocycles. The number of aliphatic hydroxyl groups excluding tert-OH is 1. The van der Waals surface area contributed by atoms with Crippen LogP contribution in [0.15, 0.2) is 22.7 Å². The summed E-state index contributed by atoms with van der Waals surface area (Å²) >= 11 is 3.39. The van der Waals surface area contributed by atoms with E-state index >= 15 is 0 Å². The minimum Gasteiger partial charge on any atom is -0.490 e. The van der Waals surface area contributed by atoms with Gasteiger partial charge in [0, 0.05) is 22.7 Å². The van der Waals surface area contributed by atoms with Crippen LogP contribution in [0.1, 0.15) is 25.5 Å². The Morgan fingerprint density at radius 3 is 2.72 bits per heavy atom. The van der Waals surface area contributed by atoms with Gasteiger partial charge in [0.05, 0.1) is 6.61 Å². The third kappa shape index (κ3) is 4.94. The number of ether oxygens (including phenoxy) is 2. The third-order valence-electron chi connectivity index (χ3n) is 2.41. The molecule has 0 saturated carbocycles. The molecule has 0 saturated heterocycles. The van der Waals surface area contributed by atoms with Crippen LogP contribution >= 0.6 is 15.9 Å². The van der Waals surface area contributed by atoms with Crippen molar-refractivity contribution in [2.75, 3.05) is 19.8 Å². The van der Waals surface area contributed by atoms with Crippen LogP contribution in [0.5, 0.6) is 5.75 Å². The Morgan fingerprint density at radius 2 is 2.11 bits per heavy atom. The first-order chi connectivity index (χ1) is 8.54. The molecule has 3 N–H and O–H groups in total. The molecule has 1 aromatic rings. The van der Waals surface area contributed by atoms with E-state index in [1.165, 1.54) is 0 Å². The monoisotopic (exact) mass is 317 g/mol. The summed E-state index contributed by atoms with van der Waals surface area (Å²) in [6.07, 6.45) is -0.634. The summed E-state index contributed by atoms with van der Waals surface area (Å²) in [7, 11) is 0. The summed E-state index contributed by atoms with van der Waals surface area (Å²) in [4.78, 5) is 0. The minimum atomic E-state index is -0.634. The molecule has 2 atom stereocenters. The Labute approximate surface area is 116 Å². The van der Waals surface area contributed by atoms with Gasteiger partial charge in [-0.15, -0.1) is 0 Å². The normalized spacial score (nSPS) is 14.3. The molecule has 102 valence electrons. The summed E-state index contributed by atoms with van der Waals surface area (Å²) in [5.41, 5.74) is 6.79. The second-order valence-corrected chi connectivity index (χ2v) is 5.01. The maximum Gasteiger partial charge on any atom is 0.125 e. The first-order valence-corrected chi connectivity index (χ1v) is 6.77. The zero-order chi connectivity index (χ0) is 13.5. The summed E-state index contributed by atoms with van der Waals surface area (Å²) in [6, 6.07) is 5.57. The Hall–Kier alpha value is -0.620. The van der Waals surface area contributed by atoms with E-state index in [9.17, 15) is 5.11 Å². The highest BCUT2D eigenvalue weighted by atomic mass is 79.9. The Bertz CT molecular complexity index is 371. The highest BCUT2D eigenvalue weighted by Crippen LogP contribution is 2.27. The predicted octanol–water partition coefficient (Wildman–Crippen LogP) is 2.25. The van der Waals surface area contributed by atoms with Gasteiger partial charge in [-0.1, -0.05) is 22.0 Å². The van der Waals surface area contributed by atoms with Crippen molar-refractivity contribution in [3.8, 4) is 5.75 Å². The zero-order valence-corrected chi connectivity index (χ0v) is 12.3. The van der Waals surface area contributed by atoms with E-state index in [1.807, 2.05) is 32.0 Å². The molecule has 0 radical (unpaired) electrons. The highest BCUT2D eigenvalue weighted by molar-refractivity contribution is 9.10. The Morgan fingerprint density at radius 1 is 1.39 bits per heavy atom. The van der Waals surface area contributed by atoms with Gasteiger partial charge in [-0.3, -0.25) is 0 Å². The van der Waals surface area contributed by atoms with Crippen LogP contribution in [0.25, 0.3) is 0 Å². The number of hydrogen-bond donors (Lipinski definition) is 2. The van der Waals surface area contributed by atoms with Gasteiger partial charge in [0.15, 0.2) is 0 Å². The largest absolute Gasteiger partial charge is 0.490 e. The minimum absolute atomic E-state index is 0.114. The van der Waals surface area contributed by atoms with Crippen molar-refractivity contribution >= 4 is 15.9 Å². The first kappa shape index (κ1) is 15.4. The third-order valence-corrected chi connectivity index (χ3v) is 2.91. The number of rotatable bonds is 7. The molecule has 0 spiro atoms. The zero-order valence-electron chi connectivity index (χ0n) is 10.7. The van der Waals surface area contributed by atoms with Gasteiger partial charge in [-0.2, -0.15) is 0 Å². The number of aliphatic hydroxyl groups is 1. The smallest absolute Gasteiger partial charge is 0.125 e. The molecule has 0 bridgehead atoms. The van der Waals surface area contributed by atoms with Gasteiger partial charge in [-0.05, 0) is 26.0 Å². The van der Waals surface area contributed by atoms with E-state index in [0.717, 1.165) is 10.0 Å². The van der Waals surface area contributed by atoms with Crippen molar-refractivity contribution in [2.45, 2.75) is 26.0 Å². The van der Waals surface area contributed by atoms with Crippen LogP contribution in [0.3, 0.4) is 0 Å². The topological polar surface area (TPSA) is 64.7 Å². The number of hydrogen-bond acceptors (Lipinski definition) is 4. The fourth-order valence-corrected chi connectivity index (χ4v) is 1.84.